The molecule has 0 aliphatic rings. The third-order valence-electron chi connectivity index (χ3n) is 2.17. The summed E-state index contributed by atoms with van der Waals surface area (Å²) >= 11 is 0. The molecule has 0 fully saturated rings. The molecule has 0 heterocycles. The van der Waals surface area contributed by atoms with Crippen molar-refractivity contribution in [1.29, 1.82) is 0 Å². The van der Waals surface area contributed by atoms with Crippen LogP contribution in [0.3, 0.4) is 0 Å². The van der Waals surface area contributed by atoms with Crippen LogP contribution in [0, 0.1) is 5.82 Å². The molecule has 1 aromatic carbocycles. The molecule has 0 saturated carbocycles. The van der Waals surface area contributed by atoms with Crippen LogP contribution in [0.5, 0.6) is 0 Å². The number of ether oxygens (including phenoxy) is 2. The Bertz CT molecular complexity index is 402. The standard InChI is InChI=1S/C10H11F4NO2/c1-16-9(17-2)7-5(11)3-4-6(15)8(7)10(12,13)14/h3-4,9H,15H2,1-2H3. The highest BCUT2D eigenvalue weighted by Crippen LogP contribution is 2.40. The van der Waals surface area contributed by atoms with Crippen molar-refractivity contribution in [1.82, 2.24) is 0 Å². The van der Waals surface area contributed by atoms with Crippen molar-refractivity contribution in [3.63, 3.8) is 0 Å². The molecule has 7 heteroatoms. The van der Waals surface area contributed by atoms with Gasteiger partial charge in [0.25, 0.3) is 0 Å². The Morgan fingerprint density at radius 2 is 1.71 bits per heavy atom. The van der Waals surface area contributed by atoms with Crippen LogP contribution in [-0.4, -0.2) is 14.2 Å². The number of methoxy groups -OCH3 is 2. The molecule has 17 heavy (non-hydrogen) atoms. The normalized spacial score (nSPS) is 12.2. The lowest BCUT2D eigenvalue weighted by molar-refractivity contribution is -0.148. The number of anilines is 1. The monoisotopic (exact) mass is 253 g/mol. The number of benzene rings is 1. The zero-order chi connectivity index (χ0) is 13.2. The summed E-state index contributed by atoms with van der Waals surface area (Å²) in [7, 11) is 2.22. The van der Waals surface area contributed by atoms with Gasteiger partial charge in [-0.05, 0) is 12.1 Å². The Labute approximate surface area is 95.1 Å². The van der Waals surface area contributed by atoms with Crippen LogP contribution in [0.2, 0.25) is 0 Å². The van der Waals surface area contributed by atoms with Crippen LogP contribution in [0.15, 0.2) is 12.1 Å². The molecular weight excluding hydrogens is 242 g/mol. The fourth-order valence-corrected chi connectivity index (χ4v) is 1.49. The molecule has 0 bridgehead atoms. The summed E-state index contributed by atoms with van der Waals surface area (Å²) in [5.74, 6) is -1.08. The molecule has 0 amide bonds. The molecule has 96 valence electrons. The summed E-state index contributed by atoms with van der Waals surface area (Å²) in [5, 5.41) is 0. The maximum absolute atomic E-state index is 13.5. The van der Waals surface area contributed by atoms with E-state index in [9.17, 15) is 17.6 Å². The minimum absolute atomic E-state index is 0.576. The molecule has 0 saturated heterocycles. The lowest BCUT2D eigenvalue weighted by Gasteiger charge is -2.21. The van der Waals surface area contributed by atoms with Crippen molar-refractivity contribution in [2.24, 2.45) is 0 Å². The van der Waals surface area contributed by atoms with Gasteiger partial charge in [-0.3, -0.25) is 0 Å². The van der Waals surface area contributed by atoms with Gasteiger partial charge in [0.15, 0.2) is 6.29 Å². The Hall–Kier alpha value is -1.34. The molecule has 1 aromatic rings. The lowest BCUT2D eigenvalue weighted by atomic mass is 10.0. The molecule has 2 N–H and O–H groups in total. The number of nitrogen functional groups attached to an aromatic ring is 1. The number of hydrogen-bond acceptors (Lipinski definition) is 3. The van der Waals surface area contributed by atoms with Gasteiger partial charge in [-0.1, -0.05) is 0 Å². The smallest absolute Gasteiger partial charge is 0.398 e. The highest BCUT2D eigenvalue weighted by Gasteiger charge is 2.39. The summed E-state index contributed by atoms with van der Waals surface area (Å²) in [6.07, 6.45) is -6.24. The van der Waals surface area contributed by atoms with Gasteiger partial charge in [-0.2, -0.15) is 13.2 Å². The number of nitrogens with two attached hydrogens (primary N) is 1. The van der Waals surface area contributed by atoms with Gasteiger partial charge in [0.05, 0.1) is 11.1 Å². The van der Waals surface area contributed by atoms with Gasteiger partial charge in [0, 0.05) is 19.9 Å². The third-order valence-corrected chi connectivity index (χ3v) is 2.17. The minimum Gasteiger partial charge on any atom is -0.398 e. The predicted octanol–water partition coefficient (Wildman–Crippen LogP) is 2.72. The summed E-state index contributed by atoms with van der Waals surface area (Å²) in [5.41, 5.74) is 2.63. The molecule has 0 aliphatic heterocycles. The summed E-state index contributed by atoms with van der Waals surface area (Å²) in [4.78, 5) is 0. The second kappa shape index (κ2) is 4.89. The minimum atomic E-state index is -4.78. The largest absolute Gasteiger partial charge is 0.418 e. The van der Waals surface area contributed by atoms with Crippen molar-refractivity contribution in [2.75, 3.05) is 20.0 Å². The SMILES string of the molecule is COC(OC)c1c(F)ccc(N)c1C(F)(F)F. The highest BCUT2D eigenvalue weighted by atomic mass is 19.4. The third kappa shape index (κ3) is 2.67. The van der Waals surface area contributed by atoms with E-state index in [-0.39, 0.29) is 0 Å². The molecule has 0 spiro atoms. The van der Waals surface area contributed by atoms with E-state index in [2.05, 4.69) is 9.47 Å². The van der Waals surface area contributed by atoms with E-state index >= 15 is 0 Å². The number of rotatable bonds is 3. The number of alkyl halides is 3. The fourth-order valence-electron chi connectivity index (χ4n) is 1.49. The van der Waals surface area contributed by atoms with Gasteiger partial charge in [0.2, 0.25) is 0 Å². The number of halogens is 4. The summed E-state index contributed by atoms with van der Waals surface area (Å²) < 4.78 is 61.0. The van der Waals surface area contributed by atoms with E-state index in [0.29, 0.717) is 0 Å². The van der Waals surface area contributed by atoms with Crippen LogP contribution in [0.25, 0.3) is 0 Å². The lowest BCUT2D eigenvalue weighted by Crippen LogP contribution is -2.18. The van der Waals surface area contributed by atoms with Crippen molar-refractivity contribution >= 4 is 5.69 Å². The van der Waals surface area contributed by atoms with Gasteiger partial charge in [-0.15, -0.1) is 0 Å². The quantitative estimate of drug-likeness (QED) is 0.511. The molecule has 0 aliphatic carbocycles. The zero-order valence-electron chi connectivity index (χ0n) is 9.14. The van der Waals surface area contributed by atoms with E-state index in [1.54, 1.807) is 0 Å². The second-order valence-corrected chi connectivity index (χ2v) is 3.23. The van der Waals surface area contributed by atoms with Crippen molar-refractivity contribution in [3.8, 4) is 0 Å². The topological polar surface area (TPSA) is 44.5 Å². The van der Waals surface area contributed by atoms with Gasteiger partial charge in [0.1, 0.15) is 5.82 Å². The Morgan fingerprint density at radius 1 is 1.18 bits per heavy atom. The summed E-state index contributed by atoms with van der Waals surface area (Å²) in [6.45, 7) is 0. The summed E-state index contributed by atoms with van der Waals surface area (Å²) in [6, 6.07) is 1.69. The Balaban J connectivity index is 3.50. The van der Waals surface area contributed by atoms with E-state index in [4.69, 9.17) is 5.73 Å². The van der Waals surface area contributed by atoms with Crippen LogP contribution in [-0.2, 0) is 15.7 Å². The van der Waals surface area contributed by atoms with Crippen LogP contribution >= 0.6 is 0 Å². The highest BCUT2D eigenvalue weighted by molar-refractivity contribution is 5.53. The first-order chi connectivity index (χ1) is 7.82. The van der Waals surface area contributed by atoms with E-state index in [1.165, 1.54) is 0 Å². The van der Waals surface area contributed by atoms with Gasteiger partial charge >= 0.3 is 6.18 Å². The molecule has 0 atom stereocenters. The van der Waals surface area contributed by atoms with Crippen molar-refractivity contribution < 1.29 is 27.0 Å². The van der Waals surface area contributed by atoms with Crippen LogP contribution < -0.4 is 5.73 Å². The second-order valence-electron chi connectivity index (χ2n) is 3.23. The van der Waals surface area contributed by atoms with E-state index < -0.39 is 35.1 Å². The van der Waals surface area contributed by atoms with Crippen molar-refractivity contribution in [3.05, 3.63) is 29.1 Å². The Morgan fingerprint density at radius 3 is 2.12 bits per heavy atom. The van der Waals surface area contributed by atoms with Crippen LogP contribution in [0.4, 0.5) is 23.2 Å². The number of hydrogen-bond donors (Lipinski definition) is 1. The average Bonchev–Trinajstić information content (AvgIpc) is 2.23. The van der Waals surface area contributed by atoms with Gasteiger partial charge < -0.3 is 15.2 Å². The maximum Gasteiger partial charge on any atom is 0.418 e. The van der Waals surface area contributed by atoms with E-state index in [1.807, 2.05) is 0 Å². The van der Waals surface area contributed by atoms with Gasteiger partial charge in [-0.25, -0.2) is 4.39 Å². The zero-order valence-corrected chi connectivity index (χ0v) is 9.14. The first kappa shape index (κ1) is 13.7. The molecule has 3 nitrogen and oxygen atoms in total. The first-order valence-corrected chi connectivity index (χ1v) is 4.53. The maximum atomic E-state index is 13.5. The molecular formula is C10H11F4NO2. The average molecular weight is 253 g/mol. The van der Waals surface area contributed by atoms with Crippen LogP contribution in [0.1, 0.15) is 17.4 Å². The molecule has 0 aromatic heterocycles. The molecule has 1 rings (SSSR count). The predicted molar refractivity (Wildman–Crippen MR) is 52.6 cm³/mol. The molecule has 0 radical (unpaired) electrons. The molecule has 0 unspecified atom stereocenters. The Kier molecular flexibility index (Phi) is 3.94. The van der Waals surface area contributed by atoms with E-state index in [0.717, 1.165) is 26.4 Å². The van der Waals surface area contributed by atoms with Crippen molar-refractivity contribution in [2.45, 2.75) is 12.5 Å². The fraction of sp³-hybridized carbons (Fsp3) is 0.400. The first-order valence-electron chi connectivity index (χ1n) is 4.53.